The topological polar surface area (TPSA) is 26.3 Å². The molecular weight excluding hydrogens is 236 g/mol. The number of hydrogen-bond acceptors (Lipinski definition) is 2. The van der Waals surface area contributed by atoms with E-state index < -0.39 is 11.0 Å². The lowest BCUT2D eigenvalue weighted by molar-refractivity contribution is -0.0376. The number of carbonyl (C=O) groups excluding carboxylic acids is 1. The molecule has 0 aromatic heterocycles. The minimum atomic E-state index is -0.726. The number of carbonyl (C=O) groups is 1. The summed E-state index contributed by atoms with van der Waals surface area (Å²) in [5.74, 6) is 0.478. The predicted octanol–water partition coefficient (Wildman–Crippen LogP) is 4.22. The fourth-order valence-corrected chi connectivity index (χ4v) is 3.63. The molecule has 3 heteroatoms. The predicted molar refractivity (Wildman–Crippen MR) is 69.0 cm³/mol. The van der Waals surface area contributed by atoms with Gasteiger partial charge in [0, 0.05) is 23.4 Å². The molecule has 3 unspecified atom stereocenters. The summed E-state index contributed by atoms with van der Waals surface area (Å²) in [6.07, 6.45) is 11.4. The second-order valence-corrected chi connectivity index (χ2v) is 5.31. The van der Waals surface area contributed by atoms with Gasteiger partial charge in [0.15, 0.2) is 0 Å². The average molecular weight is 253 g/mol. The molecule has 0 amide bonds. The highest BCUT2D eigenvalue weighted by Gasteiger charge is 2.60. The quantitative estimate of drug-likeness (QED) is 0.541. The van der Waals surface area contributed by atoms with Crippen LogP contribution in [0.25, 0.3) is 0 Å². The van der Waals surface area contributed by atoms with E-state index in [1.807, 2.05) is 6.08 Å². The summed E-state index contributed by atoms with van der Waals surface area (Å²) < 4.78 is 5.49. The average Bonchev–Trinajstić information content (AvgIpc) is 2.73. The maximum atomic E-state index is 11.2. The number of fused-ring (bicyclic) bond motifs is 2. The summed E-state index contributed by atoms with van der Waals surface area (Å²) in [5, 5.41) is 0. The number of rotatable bonds is 5. The van der Waals surface area contributed by atoms with Crippen LogP contribution < -0.4 is 0 Å². The zero-order valence-electron chi connectivity index (χ0n) is 9.82. The molecule has 0 aromatic carbocycles. The van der Waals surface area contributed by atoms with Gasteiger partial charge in [-0.2, -0.15) is 0 Å². The Labute approximate surface area is 107 Å². The van der Waals surface area contributed by atoms with Gasteiger partial charge < -0.3 is 4.74 Å². The Morgan fingerprint density at radius 3 is 2.65 bits per heavy atom. The minimum absolute atomic E-state index is 0.141. The van der Waals surface area contributed by atoms with E-state index in [2.05, 4.69) is 25.3 Å². The van der Waals surface area contributed by atoms with Gasteiger partial charge in [0.2, 0.25) is 0 Å². The van der Waals surface area contributed by atoms with Gasteiger partial charge in [-0.1, -0.05) is 24.3 Å². The molecule has 2 nitrogen and oxygen atoms in total. The second-order valence-electron chi connectivity index (χ2n) is 5.00. The monoisotopic (exact) mass is 252 g/mol. The van der Waals surface area contributed by atoms with Crippen molar-refractivity contribution in [1.29, 1.82) is 0 Å². The molecule has 2 bridgehead atoms. The maximum Gasteiger partial charge on any atom is 0.404 e. The summed E-state index contributed by atoms with van der Waals surface area (Å²) in [7, 11) is 0. The fourth-order valence-electron chi connectivity index (χ4n) is 3.48. The molecule has 0 radical (unpaired) electrons. The molecule has 0 heterocycles. The Morgan fingerprint density at radius 1 is 1.41 bits per heavy atom. The molecule has 92 valence electrons. The molecule has 2 rings (SSSR count). The van der Waals surface area contributed by atoms with E-state index in [9.17, 15) is 4.79 Å². The summed E-state index contributed by atoms with van der Waals surface area (Å²) in [6, 6.07) is 0. The van der Waals surface area contributed by atoms with E-state index in [-0.39, 0.29) is 5.41 Å². The van der Waals surface area contributed by atoms with E-state index in [4.69, 9.17) is 16.3 Å². The third-order valence-electron chi connectivity index (χ3n) is 4.07. The standard InChI is InChI=1S/C14H17ClO2/c1-3-6-13-8-5-11(9-13)10-14(13,7-4-2)17-12(15)16/h3-5,8,11H,1-2,6-7,9-10H2. The fraction of sp³-hybridized carbons (Fsp3) is 0.500. The molecule has 17 heavy (non-hydrogen) atoms. The highest BCUT2D eigenvalue weighted by atomic mass is 35.5. The molecular formula is C14H17ClO2. The van der Waals surface area contributed by atoms with Crippen LogP contribution in [0.1, 0.15) is 25.7 Å². The lowest BCUT2D eigenvalue weighted by Crippen LogP contribution is -2.45. The Hall–Kier alpha value is -1.02. The van der Waals surface area contributed by atoms with Crippen LogP contribution in [0.2, 0.25) is 0 Å². The van der Waals surface area contributed by atoms with Crippen molar-refractivity contribution >= 4 is 17.0 Å². The van der Waals surface area contributed by atoms with Crippen LogP contribution in [-0.2, 0) is 4.74 Å². The Kier molecular flexibility index (Phi) is 3.17. The van der Waals surface area contributed by atoms with Crippen molar-refractivity contribution < 1.29 is 9.53 Å². The zero-order valence-corrected chi connectivity index (χ0v) is 10.6. The van der Waals surface area contributed by atoms with Gasteiger partial charge in [0.1, 0.15) is 5.60 Å². The lowest BCUT2D eigenvalue weighted by Gasteiger charge is -2.42. The normalized spacial score (nSPS) is 38.1. The lowest BCUT2D eigenvalue weighted by atomic mass is 9.70. The van der Waals surface area contributed by atoms with E-state index in [1.165, 1.54) is 0 Å². The SMILES string of the molecule is C=CCC12C=CC(C1)CC2(CC=C)OC(=O)Cl. The van der Waals surface area contributed by atoms with Crippen molar-refractivity contribution in [3.63, 3.8) is 0 Å². The summed E-state index contributed by atoms with van der Waals surface area (Å²) in [5.41, 5.74) is -1.39. The number of allylic oxidation sites excluding steroid dienone is 2. The summed E-state index contributed by atoms with van der Waals surface area (Å²) in [6.45, 7) is 7.57. The first kappa shape index (κ1) is 12.4. The molecule has 1 fully saturated rings. The number of hydrogen-bond donors (Lipinski definition) is 0. The number of ether oxygens (including phenoxy) is 1. The molecule has 3 atom stereocenters. The van der Waals surface area contributed by atoms with Gasteiger partial charge in [0.25, 0.3) is 0 Å². The van der Waals surface area contributed by atoms with Gasteiger partial charge >= 0.3 is 5.43 Å². The van der Waals surface area contributed by atoms with Gasteiger partial charge in [-0.3, -0.25) is 0 Å². The summed E-state index contributed by atoms with van der Waals surface area (Å²) in [4.78, 5) is 11.2. The van der Waals surface area contributed by atoms with E-state index >= 15 is 0 Å². The van der Waals surface area contributed by atoms with E-state index in [1.54, 1.807) is 6.08 Å². The van der Waals surface area contributed by atoms with Crippen molar-refractivity contribution in [2.75, 3.05) is 0 Å². The molecule has 0 N–H and O–H groups in total. The van der Waals surface area contributed by atoms with Crippen LogP contribution >= 0.6 is 11.6 Å². The number of halogens is 1. The van der Waals surface area contributed by atoms with Crippen LogP contribution in [-0.4, -0.2) is 11.0 Å². The van der Waals surface area contributed by atoms with E-state index in [0.29, 0.717) is 12.3 Å². The van der Waals surface area contributed by atoms with Gasteiger partial charge in [-0.05, 0) is 25.2 Å². The van der Waals surface area contributed by atoms with Gasteiger partial charge in [0.05, 0.1) is 0 Å². The van der Waals surface area contributed by atoms with Gasteiger partial charge in [-0.25, -0.2) is 4.79 Å². The van der Waals surface area contributed by atoms with Crippen LogP contribution in [0.15, 0.2) is 37.5 Å². The van der Waals surface area contributed by atoms with Gasteiger partial charge in [-0.15, -0.1) is 13.2 Å². The van der Waals surface area contributed by atoms with Crippen molar-refractivity contribution in [1.82, 2.24) is 0 Å². The van der Waals surface area contributed by atoms with Crippen molar-refractivity contribution in [3.8, 4) is 0 Å². The molecule has 2 aliphatic rings. The van der Waals surface area contributed by atoms with Crippen LogP contribution in [0.4, 0.5) is 4.79 Å². The second kappa shape index (κ2) is 4.34. The smallest absolute Gasteiger partial charge is 0.404 e. The molecule has 0 saturated heterocycles. The molecule has 0 aromatic rings. The van der Waals surface area contributed by atoms with Crippen LogP contribution in [0.3, 0.4) is 0 Å². The first-order valence-electron chi connectivity index (χ1n) is 5.87. The molecule has 1 saturated carbocycles. The highest BCUT2D eigenvalue weighted by molar-refractivity contribution is 6.61. The van der Waals surface area contributed by atoms with Crippen LogP contribution in [0.5, 0.6) is 0 Å². The first-order valence-corrected chi connectivity index (χ1v) is 6.25. The van der Waals surface area contributed by atoms with Crippen molar-refractivity contribution in [2.24, 2.45) is 11.3 Å². The van der Waals surface area contributed by atoms with Crippen molar-refractivity contribution in [2.45, 2.75) is 31.3 Å². The first-order chi connectivity index (χ1) is 8.07. The largest absolute Gasteiger partial charge is 0.446 e. The molecule has 0 aliphatic heterocycles. The third kappa shape index (κ3) is 1.85. The maximum absolute atomic E-state index is 11.2. The molecule has 0 spiro atoms. The van der Waals surface area contributed by atoms with E-state index in [0.717, 1.165) is 19.3 Å². The molecule has 2 aliphatic carbocycles. The minimum Gasteiger partial charge on any atom is -0.446 e. The Morgan fingerprint density at radius 2 is 2.12 bits per heavy atom. The summed E-state index contributed by atoms with van der Waals surface area (Å²) >= 11 is 5.44. The third-order valence-corrected chi connectivity index (χ3v) is 4.15. The highest BCUT2D eigenvalue weighted by Crippen LogP contribution is 2.61. The zero-order chi connectivity index (χ0) is 12.5. The van der Waals surface area contributed by atoms with Crippen LogP contribution in [0, 0.1) is 11.3 Å². The van der Waals surface area contributed by atoms with Crippen molar-refractivity contribution in [3.05, 3.63) is 37.5 Å². The Balaban J connectivity index is 2.37. The Bertz CT molecular complexity index is 388.